The number of aryl methyl sites for hydroxylation is 1. The van der Waals surface area contributed by atoms with Gasteiger partial charge in [-0.05, 0) is 42.2 Å². The van der Waals surface area contributed by atoms with Gasteiger partial charge in [-0.1, -0.05) is 12.1 Å². The summed E-state index contributed by atoms with van der Waals surface area (Å²) in [5.74, 6) is -3.16. The van der Waals surface area contributed by atoms with Crippen LogP contribution in [-0.4, -0.2) is 101 Å². The number of esters is 6. The van der Waals surface area contributed by atoms with Crippen molar-refractivity contribution in [3.63, 3.8) is 0 Å². The highest BCUT2D eigenvalue weighted by Crippen LogP contribution is 2.52. The Morgan fingerprint density at radius 3 is 1.84 bits per heavy atom. The van der Waals surface area contributed by atoms with Crippen LogP contribution in [0.3, 0.4) is 0 Å². The third kappa shape index (κ3) is 11.2. The fraction of sp³-hybridized carbons (Fsp3) is 0.526. The lowest BCUT2D eigenvalue weighted by Gasteiger charge is -2.44. The van der Waals surface area contributed by atoms with Crippen LogP contribution in [-0.2, 0) is 68.3 Å². The summed E-state index contributed by atoms with van der Waals surface area (Å²) >= 11 is 0. The lowest BCUT2D eigenvalue weighted by atomic mass is 9.90. The van der Waals surface area contributed by atoms with E-state index in [9.17, 15) is 28.8 Å². The summed E-state index contributed by atoms with van der Waals surface area (Å²) < 4.78 is 62.4. The van der Waals surface area contributed by atoms with Crippen molar-refractivity contribution in [3.05, 3.63) is 47.0 Å². The van der Waals surface area contributed by atoms with Crippen LogP contribution in [0.5, 0.6) is 23.0 Å². The average molecular weight is 775 g/mol. The van der Waals surface area contributed by atoms with Gasteiger partial charge in [0.05, 0.1) is 26.7 Å². The van der Waals surface area contributed by atoms with Gasteiger partial charge in [0.2, 0.25) is 12.4 Å². The van der Waals surface area contributed by atoms with Crippen molar-refractivity contribution in [1.29, 1.82) is 0 Å². The van der Waals surface area contributed by atoms with Gasteiger partial charge >= 0.3 is 35.8 Å². The second-order valence-electron chi connectivity index (χ2n) is 12.7. The maximum atomic E-state index is 12.3. The minimum absolute atomic E-state index is 0.0294. The Labute approximate surface area is 317 Å². The van der Waals surface area contributed by atoms with Crippen LogP contribution in [0, 0.1) is 0 Å². The van der Waals surface area contributed by atoms with E-state index in [1.807, 2.05) is 12.1 Å². The number of carbonyl (C=O) groups excluding carboxylic acids is 6. The van der Waals surface area contributed by atoms with Crippen molar-refractivity contribution < 1.29 is 80.9 Å². The first kappa shape index (κ1) is 42.2. The minimum atomic E-state index is -1.51. The first-order valence-electron chi connectivity index (χ1n) is 17.4. The molecular weight excluding hydrogens is 728 g/mol. The van der Waals surface area contributed by atoms with E-state index in [1.165, 1.54) is 35.0 Å². The molecule has 0 N–H and O–H groups in total. The highest BCUT2D eigenvalue weighted by Gasteiger charge is 2.53. The van der Waals surface area contributed by atoms with Crippen molar-refractivity contribution >= 4 is 35.8 Å². The molecule has 55 heavy (non-hydrogen) atoms. The fourth-order valence-electron chi connectivity index (χ4n) is 6.30. The summed E-state index contributed by atoms with van der Waals surface area (Å²) in [6.07, 6.45) is -6.58. The second kappa shape index (κ2) is 19.1. The van der Waals surface area contributed by atoms with Crippen molar-refractivity contribution in [2.75, 3.05) is 34.0 Å². The molecule has 0 amide bonds. The minimum Gasteiger partial charge on any atom is -0.493 e. The monoisotopic (exact) mass is 774 g/mol. The largest absolute Gasteiger partial charge is 0.493 e. The van der Waals surface area contributed by atoms with Crippen LogP contribution < -0.4 is 18.9 Å². The first-order chi connectivity index (χ1) is 26.1. The van der Waals surface area contributed by atoms with Gasteiger partial charge in [0.15, 0.2) is 35.2 Å². The predicted octanol–water partition coefficient (Wildman–Crippen LogP) is 3.44. The predicted molar refractivity (Wildman–Crippen MR) is 186 cm³/mol. The molecule has 2 aromatic rings. The molecule has 0 aromatic heterocycles. The summed E-state index contributed by atoms with van der Waals surface area (Å²) in [6, 6.07) is 8.66. The Balaban J connectivity index is 1.70. The highest BCUT2D eigenvalue weighted by atomic mass is 16.7. The molecule has 17 heteroatoms. The zero-order chi connectivity index (χ0) is 40.4. The fourth-order valence-corrected chi connectivity index (χ4v) is 6.30. The lowest BCUT2D eigenvalue weighted by Crippen LogP contribution is -2.63. The number of benzene rings is 2. The first-order valence-corrected chi connectivity index (χ1v) is 17.4. The average Bonchev–Trinajstić information content (AvgIpc) is 3.48. The van der Waals surface area contributed by atoms with Crippen LogP contribution in [0.2, 0.25) is 0 Å². The maximum Gasteiger partial charge on any atom is 0.303 e. The van der Waals surface area contributed by atoms with Crippen molar-refractivity contribution in [3.8, 4) is 23.0 Å². The number of rotatable bonds is 16. The number of hydrogen-bond acceptors (Lipinski definition) is 17. The van der Waals surface area contributed by atoms with E-state index in [0.29, 0.717) is 29.9 Å². The van der Waals surface area contributed by atoms with Crippen LogP contribution >= 0.6 is 0 Å². The summed E-state index contributed by atoms with van der Waals surface area (Å²) in [5.41, 5.74) is 2.23. The zero-order valence-electron chi connectivity index (χ0n) is 31.9. The van der Waals surface area contributed by atoms with E-state index in [2.05, 4.69) is 0 Å². The van der Waals surface area contributed by atoms with Crippen molar-refractivity contribution in [2.24, 2.45) is 0 Å². The number of hydrogen-bond donors (Lipinski definition) is 0. The van der Waals surface area contributed by atoms with Gasteiger partial charge in [-0.3, -0.25) is 28.8 Å². The molecule has 300 valence electrons. The van der Waals surface area contributed by atoms with Crippen LogP contribution in [0.15, 0.2) is 30.3 Å². The third-order valence-electron chi connectivity index (χ3n) is 8.46. The summed E-state index contributed by atoms with van der Waals surface area (Å²) in [6.45, 7) is 6.96. The number of fused-ring (bicyclic) bond motifs is 1. The zero-order valence-corrected chi connectivity index (χ0v) is 31.9. The lowest BCUT2D eigenvalue weighted by molar-refractivity contribution is -0.288. The van der Waals surface area contributed by atoms with Crippen molar-refractivity contribution in [1.82, 2.24) is 0 Å². The van der Waals surface area contributed by atoms with Crippen LogP contribution in [0.25, 0.3) is 0 Å². The van der Waals surface area contributed by atoms with E-state index < -0.39 is 79.2 Å². The van der Waals surface area contributed by atoms with Gasteiger partial charge in [-0.2, -0.15) is 0 Å². The molecule has 1 fully saturated rings. The van der Waals surface area contributed by atoms with Crippen LogP contribution in [0.4, 0.5) is 0 Å². The normalized spacial score (nSPS) is 22.5. The van der Waals surface area contributed by atoms with E-state index in [-0.39, 0.29) is 30.7 Å². The van der Waals surface area contributed by atoms with E-state index in [1.54, 1.807) is 18.2 Å². The molecule has 2 aliphatic heterocycles. The molecule has 2 aliphatic rings. The maximum absolute atomic E-state index is 12.3. The van der Waals surface area contributed by atoms with Gasteiger partial charge < -0.3 is 52.1 Å². The van der Waals surface area contributed by atoms with Gasteiger partial charge in [0.25, 0.3) is 0 Å². The molecule has 17 nitrogen and oxygen atoms in total. The number of carbonyl (C=O) groups is 6. The van der Waals surface area contributed by atoms with Crippen molar-refractivity contribution in [2.45, 2.75) is 97.1 Å². The third-order valence-corrected chi connectivity index (χ3v) is 8.46. The van der Waals surface area contributed by atoms with Gasteiger partial charge in [-0.25, -0.2) is 0 Å². The molecule has 0 spiro atoms. The molecule has 4 rings (SSSR count). The highest BCUT2D eigenvalue weighted by molar-refractivity contribution is 5.69. The Kier molecular flexibility index (Phi) is 14.7. The molecule has 0 saturated carbocycles. The summed E-state index contributed by atoms with van der Waals surface area (Å²) in [4.78, 5) is 71.6. The molecule has 1 saturated heterocycles. The smallest absolute Gasteiger partial charge is 0.303 e. The Bertz CT molecular complexity index is 1740. The van der Waals surface area contributed by atoms with E-state index in [0.717, 1.165) is 31.9 Å². The molecule has 7 atom stereocenters. The van der Waals surface area contributed by atoms with Gasteiger partial charge in [-0.15, -0.1) is 0 Å². The SMILES string of the molecule is COc1cc([C@H]2Oc3c(OC)cc(CCCOC(C)=O)cc3[C@@H]2COC(C)=O)ccc1OC1O[C@H](COC(C)=O)[C@@H](OC(C)=O)[C@H](OC(C)=O)[C@H]1OC(C)=O. The molecular formula is C38H46O17. The second-order valence-corrected chi connectivity index (χ2v) is 12.7. The topological polar surface area (TPSA) is 204 Å². The van der Waals surface area contributed by atoms with Crippen LogP contribution in [0.1, 0.15) is 76.7 Å². The molecule has 0 aliphatic carbocycles. The number of methoxy groups -OCH3 is 2. The quantitative estimate of drug-likeness (QED) is 0.136. The standard InChI is InChI=1S/C38H46O17/c1-19(39)47-13-9-10-25-14-27-28(17-48-20(2)40)33(55-34(27)31(15-25)46-8)26-11-12-29(30(16-26)45-7)53-38-37(52-24(6)44)36(51-23(5)43)35(50-22(4)42)32(54-38)18-49-21(3)41/h11-12,14-16,28,32-33,35-38H,9-10,13,17-18H2,1-8H3/t28-,32+,33+,35+,36-,37+,38?/m0/s1. The molecule has 2 heterocycles. The molecule has 0 radical (unpaired) electrons. The van der Waals surface area contributed by atoms with Gasteiger partial charge in [0.1, 0.15) is 25.4 Å². The molecule has 2 aromatic carbocycles. The van der Waals surface area contributed by atoms with Gasteiger partial charge in [0, 0.05) is 47.1 Å². The summed E-state index contributed by atoms with van der Waals surface area (Å²) in [7, 11) is 2.91. The Morgan fingerprint density at radius 2 is 1.24 bits per heavy atom. The summed E-state index contributed by atoms with van der Waals surface area (Å²) in [5, 5.41) is 0. The number of ether oxygens (including phenoxy) is 11. The molecule has 0 bridgehead atoms. The molecule has 1 unspecified atom stereocenters. The Morgan fingerprint density at radius 1 is 0.636 bits per heavy atom. The Hall–Kier alpha value is -5.58. The van der Waals surface area contributed by atoms with E-state index >= 15 is 0 Å². The van der Waals surface area contributed by atoms with E-state index in [4.69, 9.17) is 52.1 Å².